The Bertz CT molecular complexity index is 794. The molecule has 0 atom stereocenters. The van der Waals surface area contributed by atoms with Crippen molar-refractivity contribution in [2.45, 2.75) is 19.3 Å². The Morgan fingerprint density at radius 1 is 1.05 bits per heavy atom. The molecule has 0 bridgehead atoms. The number of nitrogen functional groups attached to an aromatic ring is 1. The van der Waals surface area contributed by atoms with Crippen LogP contribution in [-0.4, -0.2) is 11.5 Å². The first-order valence-corrected chi connectivity index (χ1v) is 8.19. The molecule has 21 heavy (non-hydrogen) atoms. The monoisotopic (exact) mass is 295 g/mol. The molecule has 2 aromatic carbocycles. The maximum absolute atomic E-state index is 6.40. The summed E-state index contributed by atoms with van der Waals surface area (Å²) in [5, 5.41) is 0. The van der Waals surface area contributed by atoms with Gasteiger partial charge in [0.25, 0.3) is 0 Å². The van der Waals surface area contributed by atoms with Crippen molar-refractivity contribution in [1.82, 2.24) is 4.98 Å². The topological polar surface area (TPSA) is 42.1 Å². The third-order valence-corrected chi connectivity index (χ3v) is 4.96. The van der Waals surface area contributed by atoms with Gasteiger partial charge in [-0.05, 0) is 43.0 Å². The number of anilines is 3. The minimum absolute atomic E-state index is 0.797. The molecule has 4 heteroatoms. The number of aromatic nitrogens is 1. The average molecular weight is 295 g/mol. The normalized spacial score (nSPS) is 15.0. The minimum Gasteiger partial charge on any atom is -0.395 e. The maximum atomic E-state index is 6.40. The number of hydrogen-bond donors (Lipinski definition) is 1. The third-order valence-electron chi connectivity index (χ3n) is 4.17. The number of benzene rings is 2. The van der Waals surface area contributed by atoms with E-state index in [4.69, 9.17) is 5.73 Å². The Morgan fingerprint density at radius 3 is 2.90 bits per heavy atom. The molecule has 3 aromatic rings. The zero-order valence-electron chi connectivity index (χ0n) is 11.7. The van der Waals surface area contributed by atoms with E-state index in [1.807, 2.05) is 5.51 Å². The number of aryl methyl sites for hydroxylation is 1. The molecular weight excluding hydrogens is 278 g/mol. The molecule has 4 rings (SSSR count). The molecule has 0 fully saturated rings. The van der Waals surface area contributed by atoms with E-state index in [1.54, 1.807) is 11.3 Å². The molecule has 0 amide bonds. The standard InChI is InChI=1S/C17H17N3S/c18-16-14(8-9-15-17(16)19-11-21-15)20-10-4-3-6-12-5-1-2-7-13(12)20/h1-2,5,7-9,11H,3-4,6,10,18H2. The van der Waals surface area contributed by atoms with Crippen LogP contribution in [0.15, 0.2) is 41.9 Å². The summed E-state index contributed by atoms with van der Waals surface area (Å²) in [6.07, 6.45) is 3.56. The Morgan fingerprint density at radius 2 is 1.95 bits per heavy atom. The first kappa shape index (κ1) is 12.7. The van der Waals surface area contributed by atoms with Crippen molar-refractivity contribution in [2.75, 3.05) is 17.2 Å². The lowest BCUT2D eigenvalue weighted by Gasteiger charge is -2.26. The Labute approximate surface area is 128 Å². The molecule has 0 aliphatic carbocycles. The largest absolute Gasteiger partial charge is 0.395 e. The van der Waals surface area contributed by atoms with Crippen molar-refractivity contribution in [3.63, 3.8) is 0 Å². The first-order chi connectivity index (χ1) is 10.3. The number of nitrogens with two attached hydrogens (primary N) is 1. The lowest BCUT2D eigenvalue weighted by atomic mass is 10.1. The Kier molecular flexibility index (Phi) is 3.04. The van der Waals surface area contributed by atoms with Crippen LogP contribution in [0.5, 0.6) is 0 Å². The van der Waals surface area contributed by atoms with Crippen LogP contribution in [-0.2, 0) is 6.42 Å². The molecule has 0 spiro atoms. The molecule has 2 N–H and O–H groups in total. The van der Waals surface area contributed by atoms with Crippen LogP contribution >= 0.6 is 11.3 Å². The molecule has 1 aliphatic heterocycles. The molecule has 0 unspecified atom stereocenters. The van der Waals surface area contributed by atoms with Crippen molar-refractivity contribution in [3.8, 4) is 0 Å². The molecule has 0 saturated heterocycles. The van der Waals surface area contributed by atoms with Crippen LogP contribution in [0.3, 0.4) is 0 Å². The number of nitrogens with zero attached hydrogens (tertiary/aromatic N) is 2. The van der Waals surface area contributed by atoms with Crippen molar-refractivity contribution in [2.24, 2.45) is 0 Å². The molecule has 3 nitrogen and oxygen atoms in total. The van der Waals surface area contributed by atoms with Crippen molar-refractivity contribution >= 4 is 38.6 Å². The SMILES string of the molecule is Nc1c(N2CCCCc3ccccc32)ccc2scnc12. The van der Waals surface area contributed by atoms with Crippen LogP contribution in [0.4, 0.5) is 17.1 Å². The second-order valence-electron chi connectivity index (χ2n) is 5.43. The van der Waals surface area contributed by atoms with Gasteiger partial charge in [0.1, 0.15) is 5.52 Å². The molecule has 0 radical (unpaired) electrons. The van der Waals surface area contributed by atoms with E-state index < -0.39 is 0 Å². The average Bonchev–Trinajstić information content (AvgIpc) is 2.89. The van der Waals surface area contributed by atoms with Gasteiger partial charge in [-0.25, -0.2) is 4.98 Å². The zero-order chi connectivity index (χ0) is 14.2. The number of fused-ring (bicyclic) bond motifs is 2. The fraction of sp³-hybridized carbons (Fsp3) is 0.235. The van der Waals surface area contributed by atoms with Crippen LogP contribution < -0.4 is 10.6 Å². The van der Waals surface area contributed by atoms with Crippen LogP contribution in [0.2, 0.25) is 0 Å². The van der Waals surface area contributed by atoms with Gasteiger partial charge in [0.15, 0.2) is 0 Å². The van der Waals surface area contributed by atoms with Gasteiger partial charge < -0.3 is 10.6 Å². The summed E-state index contributed by atoms with van der Waals surface area (Å²) in [7, 11) is 0. The van der Waals surface area contributed by atoms with Gasteiger partial charge in [0, 0.05) is 12.2 Å². The molecule has 2 heterocycles. The maximum Gasteiger partial charge on any atom is 0.106 e. The number of rotatable bonds is 1. The van der Waals surface area contributed by atoms with E-state index >= 15 is 0 Å². The molecule has 1 aliphatic rings. The first-order valence-electron chi connectivity index (χ1n) is 7.32. The number of hydrogen-bond acceptors (Lipinski definition) is 4. The Balaban J connectivity index is 1.89. The van der Waals surface area contributed by atoms with E-state index in [9.17, 15) is 0 Å². The van der Waals surface area contributed by atoms with Gasteiger partial charge in [0.2, 0.25) is 0 Å². The van der Waals surface area contributed by atoms with E-state index in [2.05, 4.69) is 46.3 Å². The zero-order valence-corrected chi connectivity index (χ0v) is 12.6. The van der Waals surface area contributed by atoms with Gasteiger partial charge in [0.05, 0.1) is 21.6 Å². The van der Waals surface area contributed by atoms with Crippen LogP contribution in [0.1, 0.15) is 18.4 Å². The highest BCUT2D eigenvalue weighted by atomic mass is 32.1. The number of para-hydroxylation sites is 1. The highest BCUT2D eigenvalue weighted by Crippen LogP contribution is 2.39. The summed E-state index contributed by atoms with van der Waals surface area (Å²) in [6.45, 7) is 1.01. The quantitative estimate of drug-likeness (QED) is 0.678. The number of thiazole rings is 1. The summed E-state index contributed by atoms with van der Waals surface area (Å²) < 4.78 is 1.15. The van der Waals surface area contributed by atoms with Gasteiger partial charge >= 0.3 is 0 Å². The highest BCUT2D eigenvalue weighted by molar-refractivity contribution is 7.16. The van der Waals surface area contributed by atoms with Gasteiger partial charge in [-0.1, -0.05) is 18.2 Å². The second kappa shape index (κ2) is 5.04. The second-order valence-corrected chi connectivity index (χ2v) is 6.32. The molecule has 106 valence electrons. The summed E-state index contributed by atoms with van der Waals surface area (Å²) in [6, 6.07) is 12.9. The summed E-state index contributed by atoms with van der Waals surface area (Å²) in [5.41, 5.74) is 13.8. The molecular formula is C17H17N3S. The summed E-state index contributed by atoms with van der Waals surface area (Å²) >= 11 is 1.64. The van der Waals surface area contributed by atoms with E-state index in [1.165, 1.54) is 24.1 Å². The van der Waals surface area contributed by atoms with Crippen molar-refractivity contribution < 1.29 is 0 Å². The lowest BCUT2D eigenvalue weighted by Crippen LogP contribution is -2.19. The molecule has 1 aromatic heterocycles. The van der Waals surface area contributed by atoms with E-state index in [0.29, 0.717) is 0 Å². The predicted molar refractivity (Wildman–Crippen MR) is 90.4 cm³/mol. The lowest BCUT2D eigenvalue weighted by molar-refractivity contribution is 0.761. The van der Waals surface area contributed by atoms with E-state index in [-0.39, 0.29) is 0 Å². The fourth-order valence-electron chi connectivity index (χ4n) is 3.12. The van der Waals surface area contributed by atoms with Crippen molar-refractivity contribution in [1.29, 1.82) is 0 Å². The van der Waals surface area contributed by atoms with Crippen LogP contribution in [0, 0.1) is 0 Å². The molecule has 0 saturated carbocycles. The van der Waals surface area contributed by atoms with Gasteiger partial charge in [-0.15, -0.1) is 11.3 Å². The van der Waals surface area contributed by atoms with Gasteiger partial charge in [-0.3, -0.25) is 0 Å². The predicted octanol–water partition coefficient (Wildman–Crippen LogP) is 4.35. The smallest absolute Gasteiger partial charge is 0.106 e. The van der Waals surface area contributed by atoms with Crippen molar-refractivity contribution in [3.05, 3.63) is 47.5 Å². The minimum atomic E-state index is 0.797. The fourth-order valence-corrected chi connectivity index (χ4v) is 3.81. The Hall–Kier alpha value is -2.07. The van der Waals surface area contributed by atoms with E-state index in [0.717, 1.165) is 34.6 Å². The third kappa shape index (κ3) is 2.07. The summed E-state index contributed by atoms with van der Waals surface area (Å²) in [5.74, 6) is 0. The van der Waals surface area contributed by atoms with Crippen LogP contribution in [0.25, 0.3) is 10.2 Å². The summed E-state index contributed by atoms with van der Waals surface area (Å²) in [4.78, 5) is 6.78. The van der Waals surface area contributed by atoms with Gasteiger partial charge in [-0.2, -0.15) is 0 Å². The highest BCUT2D eigenvalue weighted by Gasteiger charge is 2.19.